The molecule has 1 fully saturated rings. The highest BCUT2D eigenvalue weighted by molar-refractivity contribution is 6.30. The molecule has 2 aromatic carbocycles. The monoisotopic (exact) mass is 342 g/mol. The van der Waals surface area contributed by atoms with Gasteiger partial charge in [-0.05, 0) is 49.6 Å². The fourth-order valence-corrected chi connectivity index (χ4v) is 3.13. The Kier molecular flexibility index (Phi) is 5.54. The molecule has 1 saturated carbocycles. The Morgan fingerprint density at radius 1 is 1.17 bits per heavy atom. The number of nitrogens with one attached hydrogen (secondary N) is 1. The van der Waals surface area contributed by atoms with Crippen LogP contribution in [0.5, 0.6) is 0 Å². The minimum atomic E-state index is 0.0650. The van der Waals surface area contributed by atoms with Crippen molar-refractivity contribution in [2.75, 3.05) is 11.9 Å². The quantitative estimate of drug-likeness (QED) is 0.776. The van der Waals surface area contributed by atoms with Crippen molar-refractivity contribution in [1.82, 2.24) is 4.90 Å². The molecule has 0 saturated heterocycles. The zero-order chi connectivity index (χ0) is 16.9. The van der Waals surface area contributed by atoms with Crippen molar-refractivity contribution in [2.45, 2.75) is 38.3 Å². The number of amides is 1. The lowest BCUT2D eigenvalue weighted by Gasteiger charge is -2.29. The Labute approximate surface area is 148 Å². The van der Waals surface area contributed by atoms with Crippen LogP contribution in [0.2, 0.25) is 5.02 Å². The first kappa shape index (κ1) is 17.0. The summed E-state index contributed by atoms with van der Waals surface area (Å²) in [6.07, 6.45) is 2.94. The molecule has 126 valence electrons. The van der Waals surface area contributed by atoms with E-state index in [-0.39, 0.29) is 5.91 Å². The van der Waals surface area contributed by atoms with Crippen molar-refractivity contribution in [3.63, 3.8) is 0 Å². The number of hydrogen-bond acceptors (Lipinski definition) is 2. The van der Waals surface area contributed by atoms with Crippen LogP contribution in [0.3, 0.4) is 0 Å². The largest absolute Gasteiger partial charge is 0.326 e. The molecule has 0 aliphatic heterocycles. The van der Waals surface area contributed by atoms with Gasteiger partial charge in [0.2, 0.25) is 5.91 Å². The number of benzene rings is 2. The molecule has 0 bridgehead atoms. The van der Waals surface area contributed by atoms with Crippen LogP contribution < -0.4 is 5.32 Å². The Hall–Kier alpha value is -1.84. The summed E-state index contributed by atoms with van der Waals surface area (Å²) in [5.74, 6) is 0.0650. The lowest BCUT2D eigenvalue weighted by atomic mass is 10.1. The second-order valence-corrected chi connectivity index (χ2v) is 6.80. The number of para-hydroxylation sites is 1. The molecule has 1 atom stereocenters. The van der Waals surface area contributed by atoms with Gasteiger partial charge in [0, 0.05) is 35.8 Å². The molecular formula is C20H23ClN2O. The molecular weight excluding hydrogens is 320 g/mol. The SMILES string of the molecule is CC(c1ccc(Cl)cc1)N(CCC(=O)Nc1ccccc1)C1CC1. The average molecular weight is 343 g/mol. The Bertz CT molecular complexity index is 668. The number of carbonyl (C=O) groups is 1. The maximum Gasteiger partial charge on any atom is 0.225 e. The van der Waals surface area contributed by atoms with Crippen LogP contribution in [0.4, 0.5) is 5.69 Å². The lowest BCUT2D eigenvalue weighted by molar-refractivity contribution is -0.116. The molecule has 3 nitrogen and oxygen atoms in total. The molecule has 1 amide bonds. The molecule has 24 heavy (non-hydrogen) atoms. The first-order chi connectivity index (χ1) is 11.6. The fourth-order valence-electron chi connectivity index (χ4n) is 3.01. The predicted molar refractivity (Wildman–Crippen MR) is 99.3 cm³/mol. The second kappa shape index (κ2) is 7.82. The summed E-state index contributed by atoms with van der Waals surface area (Å²) >= 11 is 5.98. The van der Waals surface area contributed by atoms with E-state index in [1.54, 1.807) is 0 Å². The normalized spacial score (nSPS) is 15.3. The van der Waals surface area contributed by atoms with Crippen molar-refractivity contribution in [3.8, 4) is 0 Å². The minimum absolute atomic E-state index is 0.0650. The third kappa shape index (κ3) is 4.59. The summed E-state index contributed by atoms with van der Waals surface area (Å²) in [5.41, 5.74) is 2.10. The van der Waals surface area contributed by atoms with Gasteiger partial charge in [-0.15, -0.1) is 0 Å². The highest BCUT2D eigenvalue weighted by Crippen LogP contribution is 2.34. The van der Waals surface area contributed by atoms with Gasteiger partial charge >= 0.3 is 0 Å². The molecule has 0 spiro atoms. The molecule has 4 heteroatoms. The smallest absolute Gasteiger partial charge is 0.225 e. The van der Waals surface area contributed by atoms with Crippen molar-refractivity contribution < 1.29 is 4.79 Å². The number of nitrogens with zero attached hydrogens (tertiary/aromatic N) is 1. The maximum atomic E-state index is 12.2. The Morgan fingerprint density at radius 2 is 1.83 bits per heavy atom. The third-order valence-electron chi connectivity index (χ3n) is 4.52. The molecule has 1 aliphatic rings. The summed E-state index contributed by atoms with van der Waals surface area (Å²) in [6, 6.07) is 18.5. The molecule has 1 N–H and O–H groups in total. The summed E-state index contributed by atoms with van der Waals surface area (Å²) in [6.45, 7) is 2.98. The van der Waals surface area contributed by atoms with Gasteiger partial charge in [-0.2, -0.15) is 0 Å². The topological polar surface area (TPSA) is 32.3 Å². The zero-order valence-corrected chi connectivity index (χ0v) is 14.7. The van der Waals surface area contributed by atoms with Gasteiger partial charge in [-0.25, -0.2) is 0 Å². The number of halogens is 1. The fraction of sp³-hybridized carbons (Fsp3) is 0.350. The number of hydrogen-bond donors (Lipinski definition) is 1. The zero-order valence-electron chi connectivity index (χ0n) is 13.9. The molecule has 3 rings (SSSR count). The molecule has 2 aromatic rings. The third-order valence-corrected chi connectivity index (χ3v) is 4.77. The number of carbonyl (C=O) groups excluding carboxylic acids is 1. The summed E-state index contributed by atoms with van der Waals surface area (Å²) < 4.78 is 0. The van der Waals surface area contributed by atoms with Gasteiger partial charge in [0.25, 0.3) is 0 Å². The number of anilines is 1. The molecule has 0 heterocycles. The van der Waals surface area contributed by atoms with E-state index in [0.717, 1.165) is 17.3 Å². The molecule has 0 radical (unpaired) electrons. The maximum absolute atomic E-state index is 12.2. The van der Waals surface area contributed by atoms with Crippen molar-refractivity contribution in [2.24, 2.45) is 0 Å². The van der Waals surface area contributed by atoms with Crippen LogP contribution in [0.15, 0.2) is 54.6 Å². The van der Waals surface area contributed by atoms with Gasteiger partial charge in [-0.1, -0.05) is 41.9 Å². The Morgan fingerprint density at radius 3 is 2.46 bits per heavy atom. The van der Waals surface area contributed by atoms with E-state index in [1.165, 1.54) is 18.4 Å². The van der Waals surface area contributed by atoms with E-state index in [2.05, 4.69) is 29.3 Å². The molecule has 1 unspecified atom stereocenters. The van der Waals surface area contributed by atoms with Gasteiger partial charge in [-0.3, -0.25) is 9.69 Å². The molecule has 1 aliphatic carbocycles. The van der Waals surface area contributed by atoms with Gasteiger partial charge in [0.1, 0.15) is 0 Å². The van der Waals surface area contributed by atoms with E-state index in [9.17, 15) is 4.79 Å². The standard InChI is InChI=1S/C20H23ClN2O/c1-15(16-7-9-17(21)10-8-16)23(19-11-12-19)14-13-20(24)22-18-5-3-2-4-6-18/h2-10,15,19H,11-14H2,1H3,(H,22,24). The van der Waals surface area contributed by atoms with Crippen LogP contribution in [-0.2, 0) is 4.79 Å². The second-order valence-electron chi connectivity index (χ2n) is 6.36. The van der Waals surface area contributed by atoms with E-state index in [0.29, 0.717) is 18.5 Å². The van der Waals surface area contributed by atoms with Crippen LogP contribution in [0.1, 0.15) is 37.8 Å². The first-order valence-corrected chi connectivity index (χ1v) is 8.87. The lowest BCUT2D eigenvalue weighted by Crippen LogP contribution is -2.32. The first-order valence-electron chi connectivity index (χ1n) is 8.49. The average Bonchev–Trinajstić information content (AvgIpc) is 3.41. The van der Waals surface area contributed by atoms with E-state index >= 15 is 0 Å². The summed E-state index contributed by atoms with van der Waals surface area (Å²) in [7, 11) is 0. The highest BCUT2D eigenvalue weighted by atomic mass is 35.5. The van der Waals surface area contributed by atoms with Gasteiger partial charge in [0.05, 0.1) is 0 Å². The van der Waals surface area contributed by atoms with Crippen molar-refractivity contribution >= 4 is 23.2 Å². The minimum Gasteiger partial charge on any atom is -0.326 e. The van der Waals surface area contributed by atoms with E-state index in [1.807, 2.05) is 42.5 Å². The van der Waals surface area contributed by atoms with Crippen LogP contribution in [0.25, 0.3) is 0 Å². The summed E-state index contributed by atoms with van der Waals surface area (Å²) in [4.78, 5) is 14.6. The van der Waals surface area contributed by atoms with Crippen LogP contribution in [0, 0.1) is 0 Å². The molecule has 0 aromatic heterocycles. The highest BCUT2D eigenvalue weighted by Gasteiger charge is 2.32. The van der Waals surface area contributed by atoms with Crippen LogP contribution in [-0.4, -0.2) is 23.4 Å². The van der Waals surface area contributed by atoms with Gasteiger partial charge in [0.15, 0.2) is 0 Å². The predicted octanol–water partition coefficient (Wildman–Crippen LogP) is 4.89. The van der Waals surface area contributed by atoms with Crippen molar-refractivity contribution in [1.29, 1.82) is 0 Å². The van der Waals surface area contributed by atoms with Crippen molar-refractivity contribution in [3.05, 3.63) is 65.2 Å². The van der Waals surface area contributed by atoms with E-state index < -0.39 is 0 Å². The van der Waals surface area contributed by atoms with Gasteiger partial charge < -0.3 is 5.32 Å². The van der Waals surface area contributed by atoms with Crippen LogP contribution >= 0.6 is 11.6 Å². The summed E-state index contributed by atoms with van der Waals surface area (Å²) in [5, 5.41) is 3.72. The van der Waals surface area contributed by atoms with E-state index in [4.69, 9.17) is 11.6 Å². The Balaban J connectivity index is 1.58. The number of rotatable bonds is 7.